The van der Waals surface area contributed by atoms with Crippen molar-refractivity contribution in [1.29, 1.82) is 0 Å². The number of benzene rings is 2. The number of pyridine rings is 1. The van der Waals surface area contributed by atoms with E-state index in [4.69, 9.17) is 4.74 Å². The van der Waals surface area contributed by atoms with E-state index >= 15 is 0 Å². The summed E-state index contributed by atoms with van der Waals surface area (Å²) < 4.78 is 34.7. The number of ether oxygens (including phenoxy) is 2. The van der Waals surface area contributed by atoms with Crippen molar-refractivity contribution in [2.24, 2.45) is 0 Å². The molecule has 1 N–H and O–H groups in total. The molecule has 0 fully saturated rings. The number of hydrogen-bond donors (Lipinski definition) is 1. The number of rotatable bonds is 9. The number of methoxy groups -OCH3 is 1. The van der Waals surface area contributed by atoms with Crippen LogP contribution in [-0.2, 0) is 6.54 Å². The molecule has 1 atom stereocenters. The molecule has 0 aliphatic rings. The Morgan fingerprint density at radius 1 is 1.10 bits per heavy atom. The molecule has 2 aromatic carbocycles. The average Bonchev–Trinajstić information content (AvgIpc) is 2.75. The molecule has 0 saturated carbocycles. The first kappa shape index (κ1) is 21.1. The smallest absolute Gasteiger partial charge is 0.387 e. The van der Waals surface area contributed by atoms with Gasteiger partial charge in [0.1, 0.15) is 0 Å². The Hall–Kier alpha value is -3.59. The highest BCUT2D eigenvalue weighted by atomic mass is 19.3. The number of nitrogens with one attached hydrogen (secondary N) is 1. The van der Waals surface area contributed by atoms with Gasteiger partial charge in [0.25, 0.3) is 5.69 Å². The fourth-order valence-corrected chi connectivity index (χ4v) is 3.05. The molecule has 3 aromatic rings. The van der Waals surface area contributed by atoms with Crippen LogP contribution in [-0.4, -0.2) is 23.6 Å². The van der Waals surface area contributed by atoms with Gasteiger partial charge in [0.15, 0.2) is 11.5 Å². The van der Waals surface area contributed by atoms with E-state index in [9.17, 15) is 18.9 Å². The molecular weight excluding hydrogens is 396 g/mol. The van der Waals surface area contributed by atoms with Gasteiger partial charge in [-0.2, -0.15) is 8.78 Å². The van der Waals surface area contributed by atoms with E-state index in [1.54, 1.807) is 12.3 Å². The lowest BCUT2D eigenvalue weighted by Gasteiger charge is -2.19. The van der Waals surface area contributed by atoms with Crippen LogP contribution in [0.4, 0.5) is 14.5 Å². The molecule has 156 valence electrons. The zero-order valence-corrected chi connectivity index (χ0v) is 16.0. The summed E-state index contributed by atoms with van der Waals surface area (Å²) in [4.78, 5) is 15.3. The number of nitro groups is 1. The second-order valence-electron chi connectivity index (χ2n) is 6.25. The molecule has 0 radical (unpaired) electrons. The zero-order chi connectivity index (χ0) is 21.5. The van der Waals surface area contributed by atoms with Gasteiger partial charge in [-0.15, -0.1) is 0 Å². The predicted molar refractivity (Wildman–Crippen MR) is 106 cm³/mol. The van der Waals surface area contributed by atoms with Crippen molar-refractivity contribution in [3.8, 4) is 11.5 Å². The molecule has 3 rings (SSSR count). The molecule has 0 aliphatic heterocycles. The Morgan fingerprint density at radius 3 is 2.43 bits per heavy atom. The summed E-state index contributed by atoms with van der Waals surface area (Å²) in [5.41, 5.74) is 1.56. The van der Waals surface area contributed by atoms with E-state index < -0.39 is 17.3 Å². The molecule has 1 aromatic heterocycles. The number of alkyl halides is 2. The van der Waals surface area contributed by atoms with Crippen LogP contribution in [0.25, 0.3) is 0 Å². The SMILES string of the molecule is COc1cc(CNC(c2ccccc2)c2ccccn2)c([N+](=O)[O-])cc1OC(F)F. The van der Waals surface area contributed by atoms with Gasteiger partial charge in [0.2, 0.25) is 0 Å². The van der Waals surface area contributed by atoms with Crippen molar-refractivity contribution in [3.05, 3.63) is 93.8 Å². The fraction of sp³-hybridized carbons (Fsp3) is 0.190. The molecule has 30 heavy (non-hydrogen) atoms. The van der Waals surface area contributed by atoms with Gasteiger partial charge in [-0.3, -0.25) is 15.1 Å². The monoisotopic (exact) mass is 415 g/mol. The lowest BCUT2D eigenvalue weighted by Crippen LogP contribution is -2.23. The molecule has 0 aliphatic carbocycles. The van der Waals surface area contributed by atoms with Gasteiger partial charge in [0.05, 0.1) is 29.8 Å². The summed E-state index contributed by atoms with van der Waals surface area (Å²) in [5.74, 6) is -0.418. The van der Waals surface area contributed by atoms with E-state index in [0.29, 0.717) is 0 Å². The van der Waals surface area contributed by atoms with Gasteiger partial charge in [-0.05, 0) is 23.8 Å². The largest absolute Gasteiger partial charge is 0.493 e. The molecule has 9 heteroatoms. The molecule has 0 bridgehead atoms. The van der Waals surface area contributed by atoms with Crippen molar-refractivity contribution < 1.29 is 23.2 Å². The highest BCUT2D eigenvalue weighted by Crippen LogP contribution is 2.36. The van der Waals surface area contributed by atoms with E-state index in [1.165, 1.54) is 13.2 Å². The number of nitro benzene ring substituents is 1. The predicted octanol–water partition coefficient (Wildman–Crippen LogP) is 4.48. The first-order chi connectivity index (χ1) is 14.5. The van der Waals surface area contributed by atoms with Crippen molar-refractivity contribution in [2.45, 2.75) is 19.2 Å². The van der Waals surface area contributed by atoms with E-state index in [-0.39, 0.29) is 29.6 Å². The summed E-state index contributed by atoms with van der Waals surface area (Å²) >= 11 is 0. The Balaban J connectivity index is 1.94. The summed E-state index contributed by atoms with van der Waals surface area (Å²) in [6, 6.07) is 16.9. The lowest BCUT2D eigenvalue weighted by atomic mass is 10.0. The molecule has 0 saturated heterocycles. The van der Waals surface area contributed by atoms with Gasteiger partial charge < -0.3 is 14.8 Å². The summed E-state index contributed by atoms with van der Waals surface area (Å²) in [5, 5.41) is 14.8. The average molecular weight is 415 g/mol. The van der Waals surface area contributed by atoms with Crippen LogP contribution in [0.3, 0.4) is 0 Å². The molecular formula is C21H19F2N3O4. The standard InChI is InChI=1S/C21H19F2N3O4/c1-29-18-11-15(17(26(27)28)12-19(18)30-21(22)23)13-25-20(14-7-3-2-4-8-14)16-9-5-6-10-24-16/h2-12,20-21,25H,13H2,1H3. The second kappa shape index (κ2) is 9.75. The number of aromatic nitrogens is 1. The first-order valence-corrected chi connectivity index (χ1v) is 8.99. The minimum atomic E-state index is -3.13. The maximum absolute atomic E-state index is 12.6. The Kier molecular flexibility index (Phi) is 6.87. The molecule has 0 amide bonds. The van der Waals surface area contributed by atoms with Crippen LogP contribution in [0.1, 0.15) is 22.9 Å². The first-order valence-electron chi connectivity index (χ1n) is 8.99. The van der Waals surface area contributed by atoms with Crippen LogP contribution in [0.15, 0.2) is 66.9 Å². The summed E-state index contributed by atoms with van der Waals surface area (Å²) in [7, 11) is 1.28. The third-order valence-corrected chi connectivity index (χ3v) is 4.39. The van der Waals surface area contributed by atoms with Crippen LogP contribution in [0.5, 0.6) is 11.5 Å². The molecule has 1 unspecified atom stereocenters. The number of halogens is 2. The van der Waals surface area contributed by atoms with Crippen LogP contribution < -0.4 is 14.8 Å². The topological polar surface area (TPSA) is 86.5 Å². The number of nitrogens with zero attached hydrogens (tertiary/aromatic N) is 2. The zero-order valence-electron chi connectivity index (χ0n) is 16.0. The highest BCUT2D eigenvalue weighted by Gasteiger charge is 2.23. The van der Waals surface area contributed by atoms with Crippen LogP contribution in [0.2, 0.25) is 0 Å². The maximum atomic E-state index is 12.6. The van der Waals surface area contributed by atoms with Gasteiger partial charge >= 0.3 is 6.61 Å². The van der Waals surface area contributed by atoms with Gasteiger partial charge in [0, 0.05) is 18.3 Å². The Bertz CT molecular complexity index is 949. The van der Waals surface area contributed by atoms with Gasteiger partial charge in [-0.25, -0.2) is 0 Å². The molecule has 1 heterocycles. The highest BCUT2D eigenvalue weighted by molar-refractivity contribution is 5.54. The van der Waals surface area contributed by atoms with E-state index in [0.717, 1.165) is 17.3 Å². The van der Waals surface area contributed by atoms with Crippen molar-refractivity contribution in [1.82, 2.24) is 10.3 Å². The van der Waals surface area contributed by atoms with E-state index in [1.807, 2.05) is 42.5 Å². The lowest BCUT2D eigenvalue weighted by molar-refractivity contribution is -0.385. The normalized spacial score (nSPS) is 11.9. The molecule has 0 spiro atoms. The van der Waals surface area contributed by atoms with Crippen LogP contribution in [0, 0.1) is 10.1 Å². The maximum Gasteiger partial charge on any atom is 0.387 e. The van der Waals surface area contributed by atoms with Crippen LogP contribution >= 0.6 is 0 Å². The van der Waals surface area contributed by atoms with Gasteiger partial charge in [-0.1, -0.05) is 36.4 Å². The minimum Gasteiger partial charge on any atom is -0.493 e. The fourth-order valence-electron chi connectivity index (χ4n) is 3.05. The molecule has 7 nitrogen and oxygen atoms in total. The second-order valence-corrected chi connectivity index (χ2v) is 6.25. The van der Waals surface area contributed by atoms with E-state index in [2.05, 4.69) is 15.0 Å². The van der Waals surface area contributed by atoms with Crippen molar-refractivity contribution in [2.75, 3.05) is 7.11 Å². The third-order valence-electron chi connectivity index (χ3n) is 4.39. The van der Waals surface area contributed by atoms with Crippen molar-refractivity contribution >= 4 is 5.69 Å². The minimum absolute atomic E-state index is 0.0215. The number of hydrogen-bond acceptors (Lipinski definition) is 6. The summed E-state index contributed by atoms with van der Waals surface area (Å²) in [6.45, 7) is -3.06. The Labute approximate surface area is 171 Å². The third kappa shape index (κ3) is 5.06. The van der Waals surface area contributed by atoms with Crippen molar-refractivity contribution in [3.63, 3.8) is 0 Å². The quantitative estimate of drug-likeness (QED) is 0.410. The summed E-state index contributed by atoms with van der Waals surface area (Å²) in [6.07, 6.45) is 1.66. The Morgan fingerprint density at radius 2 is 1.83 bits per heavy atom.